The number of nitrogens with zero attached hydrogens (tertiary/aromatic N) is 2. The van der Waals surface area contributed by atoms with Crippen molar-refractivity contribution in [1.29, 1.82) is 0 Å². The highest BCUT2D eigenvalue weighted by atomic mass is 15.3. The maximum absolute atomic E-state index is 6.20. The van der Waals surface area contributed by atoms with E-state index < -0.39 is 0 Å². The van der Waals surface area contributed by atoms with Crippen LogP contribution in [0.5, 0.6) is 0 Å². The van der Waals surface area contributed by atoms with E-state index in [1.54, 1.807) is 0 Å². The Morgan fingerprint density at radius 1 is 0.643 bits per heavy atom. The molecule has 1 fully saturated rings. The first-order chi connectivity index (χ1) is 13.7. The quantitative estimate of drug-likeness (QED) is 0.741. The zero-order valence-electron chi connectivity index (χ0n) is 16.6. The number of rotatable bonds is 8. The summed E-state index contributed by atoms with van der Waals surface area (Å²) in [6, 6.07) is 20.6. The Hall–Kier alpha value is -2.56. The molecule has 28 heavy (non-hydrogen) atoms. The van der Waals surface area contributed by atoms with E-state index in [1.165, 1.54) is 11.1 Å². The fourth-order valence-corrected chi connectivity index (χ4v) is 3.48. The van der Waals surface area contributed by atoms with E-state index in [0.717, 1.165) is 63.5 Å². The third-order valence-corrected chi connectivity index (χ3v) is 5.20. The molecular formula is C24H32N4. The van der Waals surface area contributed by atoms with Gasteiger partial charge in [0.2, 0.25) is 0 Å². The number of hydrogen-bond acceptors (Lipinski definition) is 4. The highest BCUT2D eigenvalue weighted by molar-refractivity contribution is 5.52. The molecule has 2 aromatic carbocycles. The average Bonchev–Trinajstić information content (AvgIpc) is 2.73. The van der Waals surface area contributed by atoms with Gasteiger partial charge in [0.25, 0.3) is 0 Å². The van der Waals surface area contributed by atoms with Gasteiger partial charge in [-0.1, -0.05) is 60.7 Å². The molecule has 4 N–H and O–H groups in total. The first-order valence-electron chi connectivity index (χ1n) is 10.2. The van der Waals surface area contributed by atoms with Crippen LogP contribution in [0.4, 0.5) is 0 Å². The van der Waals surface area contributed by atoms with Crippen molar-refractivity contribution >= 4 is 12.2 Å². The normalized spacial score (nSPS) is 17.0. The van der Waals surface area contributed by atoms with E-state index in [9.17, 15) is 0 Å². The fraction of sp³-hybridized carbons (Fsp3) is 0.333. The van der Waals surface area contributed by atoms with Crippen molar-refractivity contribution in [2.75, 3.05) is 39.3 Å². The lowest BCUT2D eigenvalue weighted by atomic mass is 10.1. The molecule has 0 aliphatic carbocycles. The Labute approximate surface area is 169 Å². The zero-order chi connectivity index (χ0) is 19.6. The molecule has 0 aromatic heterocycles. The molecule has 0 amide bonds. The summed E-state index contributed by atoms with van der Waals surface area (Å²) in [7, 11) is 0. The van der Waals surface area contributed by atoms with Crippen LogP contribution in [0.1, 0.15) is 24.0 Å². The van der Waals surface area contributed by atoms with Gasteiger partial charge in [-0.05, 0) is 36.1 Å². The molecule has 0 bridgehead atoms. The van der Waals surface area contributed by atoms with Gasteiger partial charge < -0.3 is 21.3 Å². The molecule has 0 saturated carbocycles. The second-order valence-corrected chi connectivity index (χ2v) is 7.44. The molecule has 4 nitrogen and oxygen atoms in total. The number of piperazine rings is 1. The maximum Gasteiger partial charge on any atom is 0.0110 e. The molecule has 1 saturated heterocycles. The molecule has 0 atom stereocenters. The minimum atomic E-state index is 0.918. The van der Waals surface area contributed by atoms with Gasteiger partial charge in [0.05, 0.1) is 0 Å². The third-order valence-electron chi connectivity index (χ3n) is 5.20. The summed E-state index contributed by atoms with van der Waals surface area (Å²) in [5.41, 5.74) is 16.6. The monoisotopic (exact) mass is 376 g/mol. The lowest BCUT2D eigenvalue weighted by Gasteiger charge is -2.34. The molecular weight excluding hydrogens is 344 g/mol. The standard InChI is InChI=1S/C24H32N4/c25-23(19-21-7-3-1-4-8-21)11-13-27-15-17-28(18-16-27)14-12-24(26)20-22-9-5-2-6-10-22/h1-10,19-20H,11-18,25-26H2. The molecule has 0 spiro atoms. The highest BCUT2D eigenvalue weighted by Crippen LogP contribution is 2.10. The van der Waals surface area contributed by atoms with Crippen molar-refractivity contribution in [3.05, 3.63) is 83.2 Å². The van der Waals surface area contributed by atoms with Crippen molar-refractivity contribution in [2.24, 2.45) is 11.5 Å². The summed E-state index contributed by atoms with van der Waals surface area (Å²) in [5, 5.41) is 0. The largest absolute Gasteiger partial charge is 0.402 e. The smallest absolute Gasteiger partial charge is 0.0110 e. The van der Waals surface area contributed by atoms with E-state index in [1.807, 2.05) is 36.4 Å². The van der Waals surface area contributed by atoms with Crippen molar-refractivity contribution in [2.45, 2.75) is 12.8 Å². The SMILES string of the molecule is NC(=Cc1ccccc1)CCN1CCN(CCC(N)=Cc2ccccc2)CC1. The number of nitrogens with two attached hydrogens (primary N) is 2. The molecule has 2 aromatic rings. The summed E-state index contributed by atoms with van der Waals surface area (Å²) in [6.45, 7) is 6.45. The van der Waals surface area contributed by atoms with Crippen LogP contribution in [0.3, 0.4) is 0 Å². The Morgan fingerprint density at radius 2 is 1.00 bits per heavy atom. The second kappa shape index (κ2) is 10.7. The van der Waals surface area contributed by atoms with E-state index in [-0.39, 0.29) is 0 Å². The molecule has 148 valence electrons. The van der Waals surface area contributed by atoms with Gasteiger partial charge in [0.1, 0.15) is 0 Å². The molecule has 0 unspecified atom stereocenters. The lowest BCUT2D eigenvalue weighted by Crippen LogP contribution is -2.47. The lowest BCUT2D eigenvalue weighted by molar-refractivity contribution is 0.134. The van der Waals surface area contributed by atoms with Gasteiger partial charge in [0.15, 0.2) is 0 Å². The molecule has 1 aliphatic heterocycles. The van der Waals surface area contributed by atoms with Crippen LogP contribution >= 0.6 is 0 Å². The van der Waals surface area contributed by atoms with E-state index in [2.05, 4.69) is 46.2 Å². The van der Waals surface area contributed by atoms with Crippen molar-refractivity contribution < 1.29 is 0 Å². The van der Waals surface area contributed by atoms with Gasteiger partial charge in [-0.3, -0.25) is 0 Å². The molecule has 3 rings (SSSR count). The average molecular weight is 377 g/mol. The maximum atomic E-state index is 6.20. The predicted molar refractivity (Wildman–Crippen MR) is 119 cm³/mol. The Balaban J connectivity index is 1.35. The molecule has 0 radical (unpaired) electrons. The Morgan fingerprint density at radius 3 is 1.36 bits per heavy atom. The van der Waals surface area contributed by atoms with Crippen LogP contribution in [0.2, 0.25) is 0 Å². The van der Waals surface area contributed by atoms with Crippen LogP contribution in [0.25, 0.3) is 12.2 Å². The Kier molecular flexibility index (Phi) is 7.71. The first-order valence-corrected chi connectivity index (χ1v) is 10.2. The summed E-state index contributed by atoms with van der Waals surface area (Å²) in [4.78, 5) is 5.01. The summed E-state index contributed by atoms with van der Waals surface area (Å²) in [5.74, 6) is 0. The molecule has 1 aliphatic rings. The summed E-state index contributed by atoms with van der Waals surface area (Å²) >= 11 is 0. The van der Waals surface area contributed by atoms with E-state index >= 15 is 0 Å². The van der Waals surface area contributed by atoms with E-state index in [0.29, 0.717) is 0 Å². The first kappa shape index (κ1) is 20.2. The Bertz CT molecular complexity index is 692. The highest BCUT2D eigenvalue weighted by Gasteiger charge is 2.16. The minimum absolute atomic E-state index is 0.918. The van der Waals surface area contributed by atoms with Crippen molar-refractivity contribution in [3.8, 4) is 0 Å². The molecule has 4 heteroatoms. The minimum Gasteiger partial charge on any atom is -0.402 e. The molecule has 1 heterocycles. The van der Waals surface area contributed by atoms with Gasteiger partial charge in [0, 0.05) is 50.7 Å². The topological polar surface area (TPSA) is 58.5 Å². The van der Waals surface area contributed by atoms with Gasteiger partial charge >= 0.3 is 0 Å². The fourth-order valence-electron chi connectivity index (χ4n) is 3.48. The van der Waals surface area contributed by atoms with Gasteiger partial charge in [-0.15, -0.1) is 0 Å². The predicted octanol–water partition coefficient (Wildman–Crippen LogP) is 3.38. The summed E-state index contributed by atoms with van der Waals surface area (Å²) in [6.07, 6.45) is 6.00. The summed E-state index contributed by atoms with van der Waals surface area (Å²) < 4.78 is 0. The number of hydrogen-bond donors (Lipinski definition) is 2. The van der Waals surface area contributed by atoms with E-state index in [4.69, 9.17) is 11.5 Å². The third kappa shape index (κ3) is 6.87. The van der Waals surface area contributed by atoms with Crippen LogP contribution in [0.15, 0.2) is 72.1 Å². The zero-order valence-corrected chi connectivity index (χ0v) is 16.6. The second-order valence-electron chi connectivity index (χ2n) is 7.44. The van der Waals surface area contributed by atoms with Gasteiger partial charge in [-0.25, -0.2) is 0 Å². The number of benzene rings is 2. The van der Waals surface area contributed by atoms with Crippen LogP contribution in [0, 0.1) is 0 Å². The van der Waals surface area contributed by atoms with Crippen molar-refractivity contribution in [1.82, 2.24) is 9.80 Å². The van der Waals surface area contributed by atoms with Crippen molar-refractivity contribution in [3.63, 3.8) is 0 Å². The van der Waals surface area contributed by atoms with Crippen LogP contribution < -0.4 is 11.5 Å². The van der Waals surface area contributed by atoms with Crippen LogP contribution in [-0.4, -0.2) is 49.1 Å². The van der Waals surface area contributed by atoms with Gasteiger partial charge in [-0.2, -0.15) is 0 Å². The van der Waals surface area contributed by atoms with Crippen LogP contribution in [-0.2, 0) is 0 Å².